The maximum atomic E-state index is 14.5. The first-order valence-electron chi connectivity index (χ1n) is 9.62. The highest BCUT2D eigenvalue weighted by molar-refractivity contribution is 6.30. The fourth-order valence-corrected chi connectivity index (χ4v) is 3.35. The molecule has 1 amide bonds. The lowest BCUT2D eigenvalue weighted by molar-refractivity contribution is -0.161. The predicted octanol–water partition coefficient (Wildman–Crippen LogP) is 5.62. The Kier molecular flexibility index (Phi) is 9.48. The van der Waals surface area contributed by atoms with E-state index in [2.05, 4.69) is 5.10 Å². The van der Waals surface area contributed by atoms with E-state index in [0.717, 1.165) is 18.2 Å². The third-order valence-electron chi connectivity index (χ3n) is 4.81. The Morgan fingerprint density at radius 1 is 1.16 bits per heavy atom. The zero-order chi connectivity index (χ0) is 22.1. The summed E-state index contributed by atoms with van der Waals surface area (Å²) >= 11 is 6.04. The number of ether oxygens (including phenoxy) is 1. The molecule has 0 bridgehead atoms. The Bertz CT molecular complexity index is 981. The summed E-state index contributed by atoms with van der Waals surface area (Å²) in [5.41, 5.74) is 4.02. The fraction of sp³-hybridized carbons (Fsp3) is 0.364. The molecule has 1 aliphatic heterocycles. The normalized spacial score (nSPS) is 17.7. The van der Waals surface area contributed by atoms with Gasteiger partial charge in [-0.05, 0) is 43.3 Å². The van der Waals surface area contributed by atoms with Crippen LogP contribution in [0.3, 0.4) is 0 Å². The molecule has 0 radical (unpaired) electrons. The standard InChI is InChI=1S/C22H24ClF2N3O2.2ClH/c1-21(2,3)20(29)28-22(11-4-12-26,14-5-7-15(23)8-6-14)30-19(27-28)17-13-16(24)9-10-18(17)25;;/h5-10,13H,4,11-12,26H2,1-3H3;2*1H. The summed E-state index contributed by atoms with van der Waals surface area (Å²) in [6.45, 7) is 5.60. The van der Waals surface area contributed by atoms with E-state index in [9.17, 15) is 13.6 Å². The summed E-state index contributed by atoms with van der Waals surface area (Å²) in [4.78, 5) is 13.3. The third-order valence-corrected chi connectivity index (χ3v) is 5.06. The molecule has 0 saturated heterocycles. The van der Waals surface area contributed by atoms with Gasteiger partial charge in [0.2, 0.25) is 11.6 Å². The summed E-state index contributed by atoms with van der Waals surface area (Å²) < 4.78 is 34.5. The highest BCUT2D eigenvalue weighted by Crippen LogP contribution is 2.43. The lowest BCUT2D eigenvalue weighted by Gasteiger charge is -2.38. The van der Waals surface area contributed by atoms with Gasteiger partial charge in [-0.3, -0.25) is 4.79 Å². The van der Waals surface area contributed by atoms with Gasteiger partial charge >= 0.3 is 0 Å². The van der Waals surface area contributed by atoms with Crippen molar-refractivity contribution in [3.63, 3.8) is 0 Å². The zero-order valence-corrected chi connectivity index (χ0v) is 20.3. The predicted molar refractivity (Wildman–Crippen MR) is 126 cm³/mol. The summed E-state index contributed by atoms with van der Waals surface area (Å²) in [5.74, 6) is -1.85. The molecule has 1 aliphatic rings. The van der Waals surface area contributed by atoms with E-state index in [-0.39, 0.29) is 42.2 Å². The number of hydrogen-bond acceptors (Lipinski definition) is 4. The number of amides is 1. The topological polar surface area (TPSA) is 67.9 Å². The number of halogens is 5. The molecule has 0 saturated carbocycles. The van der Waals surface area contributed by atoms with Crippen LogP contribution >= 0.6 is 36.4 Å². The minimum Gasteiger partial charge on any atom is -0.443 e. The van der Waals surface area contributed by atoms with Crippen molar-refractivity contribution in [3.8, 4) is 0 Å². The lowest BCUT2D eigenvalue weighted by atomic mass is 9.91. The van der Waals surface area contributed by atoms with Gasteiger partial charge in [0.15, 0.2) is 0 Å². The largest absolute Gasteiger partial charge is 0.443 e. The molecule has 32 heavy (non-hydrogen) atoms. The Labute approximate surface area is 203 Å². The number of carbonyl (C=O) groups is 1. The van der Waals surface area contributed by atoms with Gasteiger partial charge in [-0.2, -0.15) is 5.01 Å². The van der Waals surface area contributed by atoms with Crippen molar-refractivity contribution in [1.29, 1.82) is 0 Å². The van der Waals surface area contributed by atoms with Crippen LogP contribution in [0, 0.1) is 17.0 Å². The molecule has 2 N–H and O–H groups in total. The van der Waals surface area contributed by atoms with Crippen molar-refractivity contribution in [3.05, 3.63) is 70.2 Å². The number of nitrogens with zero attached hydrogens (tertiary/aromatic N) is 2. The highest BCUT2D eigenvalue weighted by atomic mass is 35.5. The lowest BCUT2D eigenvalue weighted by Crippen LogP contribution is -2.49. The van der Waals surface area contributed by atoms with Gasteiger partial charge in [-0.15, -0.1) is 29.9 Å². The molecule has 0 aliphatic carbocycles. The van der Waals surface area contributed by atoms with Gasteiger partial charge in [-0.1, -0.05) is 44.5 Å². The first-order chi connectivity index (χ1) is 14.1. The summed E-state index contributed by atoms with van der Waals surface area (Å²) in [5, 5.41) is 6.07. The molecule has 1 heterocycles. The molecule has 0 aromatic heterocycles. The number of hydrazone groups is 1. The quantitative estimate of drug-likeness (QED) is 0.570. The third kappa shape index (κ3) is 5.52. The van der Waals surface area contributed by atoms with E-state index in [1.54, 1.807) is 45.0 Å². The average Bonchev–Trinajstić information content (AvgIpc) is 3.07. The molecule has 10 heteroatoms. The number of benzene rings is 2. The number of carbonyl (C=O) groups excluding carboxylic acids is 1. The van der Waals surface area contributed by atoms with Crippen LogP contribution in [0.5, 0.6) is 0 Å². The van der Waals surface area contributed by atoms with Crippen molar-refractivity contribution >= 4 is 48.2 Å². The summed E-state index contributed by atoms with van der Waals surface area (Å²) in [7, 11) is 0. The van der Waals surface area contributed by atoms with Gasteiger partial charge in [-0.25, -0.2) is 8.78 Å². The highest BCUT2D eigenvalue weighted by Gasteiger charge is 2.51. The van der Waals surface area contributed by atoms with Crippen LogP contribution in [0.25, 0.3) is 0 Å². The van der Waals surface area contributed by atoms with E-state index in [1.165, 1.54) is 5.01 Å². The van der Waals surface area contributed by atoms with Crippen molar-refractivity contribution in [2.24, 2.45) is 16.3 Å². The second kappa shape index (κ2) is 10.8. The molecule has 1 atom stereocenters. The smallest absolute Gasteiger partial charge is 0.251 e. The number of hydrogen-bond donors (Lipinski definition) is 1. The van der Waals surface area contributed by atoms with Crippen LogP contribution < -0.4 is 5.73 Å². The first kappa shape index (κ1) is 28.1. The van der Waals surface area contributed by atoms with Gasteiger partial charge in [0.1, 0.15) is 11.6 Å². The molecule has 5 nitrogen and oxygen atoms in total. The van der Waals surface area contributed by atoms with Gasteiger partial charge in [0.05, 0.1) is 5.56 Å². The Balaban J connectivity index is 0.00000256. The number of nitrogens with two attached hydrogens (primary N) is 1. The summed E-state index contributed by atoms with van der Waals surface area (Å²) in [6, 6.07) is 9.79. The molecule has 0 spiro atoms. The van der Waals surface area contributed by atoms with Gasteiger partial charge in [0, 0.05) is 22.4 Å². The van der Waals surface area contributed by atoms with E-state index < -0.39 is 22.8 Å². The maximum absolute atomic E-state index is 14.5. The minimum absolute atomic E-state index is 0. The van der Waals surface area contributed by atoms with Crippen molar-refractivity contribution < 1.29 is 18.3 Å². The van der Waals surface area contributed by atoms with Crippen LogP contribution in [0.1, 0.15) is 44.7 Å². The van der Waals surface area contributed by atoms with E-state index in [1.807, 2.05) is 0 Å². The number of rotatable bonds is 5. The Hall–Kier alpha value is -1.93. The monoisotopic (exact) mass is 507 g/mol. The molecular formula is C22H26Cl3F2N3O2. The SMILES string of the molecule is CC(C)(C)C(=O)N1N=C(c2cc(F)ccc2F)OC1(CCCN)c1ccc(Cl)cc1.Cl.Cl. The molecule has 0 fully saturated rings. The Morgan fingerprint density at radius 2 is 1.78 bits per heavy atom. The van der Waals surface area contributed by atoms with Crippen LogP contribution in [0.4, 0.5) is 8.78 Å². The summed E-state index contributed by atoms with van der Waals surface area (Å²) in [6.07, 6.45) is 0.807. The molecule has 1 unspecified atom stereocenters. The Morgan fingerprint density at radius 3 is 2.34 bits per heavy atom. The first-order valence-corrected chi connectivity index (χ1v) is 10.00. The van der Waals surface area contributed by atoms with Crippen molar-refractivity contribution in [2.45, 2.75) is 39.3 Å². The minimum atomic E-state index is -1.36. The van der Waals surface area contributed by atoms with Crippen molar-refractivity contribution in [1.82, 2.24) is 5.01 Å². The molecule has 3 rings (SSSR count). The molecule has 2 aromatic rings. The van der Waals surface area contributed by atoms with Crippen LogP contribution in [-0.4, -0.2) is 23.4 Å². The molecule has 176 valence electrons. The van der Waals surface area contributed by atoms with Crippen LogP contribution in [0.2, 0.25) is 5.02 Å². The van der Waals surface area contributed by atoms with Gasteiger partial charge in [0.25, 0.3) is 5.91 Å². The second-order valence-electron chi connectivity index (χ2n) is 8.18. The van der Waals surface area contributed by atoms with E-state index in [4.69, 9.17) is 22.1 Å². The fourth-order valence-electron chi connectivity index (χ4n) is 3.23. The van der Waals surface area contributed by atoms with E-state index in [0.29, 0.717) is 30.0 Å². The molecular weight excluding hydrogens is 483 g/mol. The average molecular weight is 509 g/mol. The molecule has 2 aromatic carbocycles. The van der Waals surface area contributed by atoms with Crippen LogP contribution in [-0.2, 0) is 15.3 Å². The maximum Gasteiger partial charge on any atom is 0.251 e. The zero-order valence-electron chi connectivity index (χ0n) is 17.9. The van der Waals surface area contributed by atoms with Crippen LogP contribution in [0.15, 0.2) is 47.6 Å². The van der Waals surface area contributed by atoms with Gasteiger partial charge < -0.3 is 10.5 Å². The van der Waals surface area contributed by atoms with Crippen molar-refractivity contribution in [2.75, 3.05) is 6.54 Å². The second-order valence-corrected chi connectivity index (χ2v) is 8.62. The van der Waals surface area contributed by atoms with E-state index >= 15 is 0 Å².